The van der Waals surface area contributed by atoms with Crippen molar-refractivity contribution in [1.82, 2.24) is 10.3 Å². The fourth-order valence-corrected chi connectivity index (χ4v) is 2.11. The number of nitrogens with zero attached hydrogens (tertiary/aromatic N) is 1. The third kappa shape index (κ3) is 6.00. The van der Waals surface area contributed by atoms with Gasteiger partial charge in [0.05, 0.1) is 18.3 Å². The fourth-order valence-electron chi connectivity index (χ4n) is 2.11. The monoisotopic (exact) mass is 338 g/mol. The molecular formula is C17H17F3N2O2. The van der Waals surface area contributed by atoms with Crippen LogP contribution in [0.2, 0.25) is 0 Å². The standard InChI is InChI=1S/C17H17F3N2O2/c18-17(19,20)12-24-11-9-15(23)22-16(13-6-2-1-3-7-13)14-8-4-5-10-21-14/h1-8,10,16H,9,11-12H2,(H,22,23). The van der Waals surface area contributed by atoms with Crippen molar-refractivity contribution in [2.24, 2.45) is 0 Å². The summed E-state index contributed by atoms with van der Waals surface area (Å²) in [6.07, 6.45) is -2.94. The Kier molecular flexibility index (Phi) is 6.31. The number of hydrogen-bond donors (Lipinski definition) is 1. The van der Waals surface area contributed by atoms with Crippen molar-refractivity contribution in [2.45, 2.75) is 18.6 Å². The van der Waals surface area contributed by atoms with E-state index in [0.29, 0.717) is 5.69 Å². The summed E-state index contributed by atoms with van der Waals surface area (Å²) in [7, 11) is 0. The number of nitrogens with one attached hydrogen (secondary N) is 1. The second kappa shape index (κ2) is 8.44. The summed E-state index contributed by atoms with van der Waals surface area (Å²) in [5, 5.41) is 2.78. The van der Waals surface area contributed by atoms with Gasteiger partial charge in [0, 0.05) is 12.6 Å². The van der Waals surface area contributed by atoms with Crippen LogP contribution in [-0.2, 0) is 9.53 Å². The molecule has 0 bridgehead atoms. The zero-order chi connectivity index (χ0) is 17.4. The van der Waals surface area contributed by atoms with Gasteiger partial charge in [0.2, 0.25) is 5.91 Å². The van der Waals surface area contributed by atoms with Gasteiger partial charge in [-0.2, -0.15) is 13.2 Å². The molecule has 0 saturated heterocycles. The highest BCUT2D eigenvalue weighted by atomic mass is 19.4. The maximum atomic E-state index is 12.0. The number of hydrogen-bond acceptors (Lipinski definition) is 3. The molecule has 1 unspecified atom stereocenters. The first-order valence-corrected chi connectivity index (χ1v) is 7.35. The Morgan fingerprint density at radius 2 is 1.83 bits per heavy atom. The summed E-state index contributed by atoms with van der Waals surface area (Å²) < 4.78 is 40.5. The number of pyridine rings is 1. The number of alkyl halides is 3. The first-order valence-electron chi connectivity index (χ1n) is 7.35. The molecule has 0 saturated carbocycles. The molecule has 0 radical (unpaired) electrons. The fraction of sp³-hybridized carbons (Fsp3) is 0.294. The highest BCUT2D eigenvalue weighted by Crippen LogP contribution is 2.20. The summed E-state index contributed by atoms with van der Waals surface area (Å²) in [6.45, 7) is -1.66. The number of carbonyl (C=O) groups excluding carboxylic acids is 1. The van der Waals surface area contributed by atoms with Crippen molar-refractivity contribution in [3.8, 4) is 0 Å². The summed E-state index contributed by atoms with van der Waals surface area (Å²) in [5.74, 6) is -0.406. The van der Waals surface area contributed by atoms with Gasteiger partial charge < -0.3 is 10.1 Å². The van der Waals surface area contributed by atoms with Gasteiger partial charge in [-0.25, -0.2) is 0 Å². The maximum Gasteiger partial charge on any atom is 0.411 e. The SMILES string of the molecule is O=C(CCOCC(F)(F)F)NC(c1ccccc1)c1ccccn1. The summed E-state index contributed by atoms with van der Waals surface area (Å²) in [6, 6.07) is 14.1. The second-order valence-corrected chi connectivity index (χ2v) is 5.08. The molecule has 1 atom stereocenters. The highest BCUT2D eigenvalue weighted by Gasteiger charge is 2.27. The molecule has 0 aliphatic rings. The molecule has 24 heavy (non-hydrogen) atoms. The van der Waals surface area contributed by atoms with E-state index in [9.17, 15) is 18.0 Å². The van der Waals surface area contributed by atoms with Crippen molar-refractivity contribution in [2.75, 3.05) is 13.2 Å². The molecule has 0 spiro atoms. The quantitative estimate of drug-likeness (QED) is 0.789. The van der Waals surface area contributed by atoms with Crippen LogP contribution in [0.25, 0.3) is 0 Å². The van der Waals surface area contributed by atoms with E-state index in [2.05, 4.69) is 15.0 Å². The predicted octanol–water partition coefficient (Wildman–Crippen LogP) is 3.26. The van der Waals surface area contributed by atoms with E-state index in [4.69, 9.17) is 0 Å². The van der Waals surface area contributed by atoms with Gasteiger partial charge in [0.25, 0.3) is 0 Å². The van der Waals surface area contributed by atoms with E-state index in [1.165, 1.54) is 0 Å². The molecule has 128 valence electrons. The highest BCUT2D eigenvalue weighted by molar-refractivity contribution is 5.77. The first-order chi connectivity index (χ1) is 11.5. The van der Waals surface area contributed by atoms with Crippen LogP contribution in [0, 0.1) is 0 Å². The number of carbonyl (C=O) groups is 1. The van der Waals surface area contributed by atoms with Crippen LogP contribution in [0.3, 0.4) is 0 Å². The summed E-state index contributed by atoms with van der Waals surface area (Å²) in [5.41, 5.74) is 1.48. The minimum Gasteiger partial charge on any atom is -0.372 e. The third-order valence-corrected chi connectivity index (χ3v) is 3.16. The Balaban J connectivity index is 1.97. The molecule has 4 nitrogen and oxygen atoms in total. The Labute approximate surface area is 137 Å². The van der Waals surface area contributed by atoms with Crippen molar-refractivity contribution < 1.29 is 22.7 Å². The van der Waals surface area contributed by atoms with Gasteiger partial charge in [-0.05, 0) is 17.7 Å². The molecule has 0 aliphatic heterocycles. The lowest BCUT2D eigenvalue weighted by Crippen LogP contribution is -2.31. The van der Waals surface area contributed by atoms with E-state index < -0.39 is 24.7 Å². The molecule has 1 heterocycles. The largest absolute Gasteiger partial charge is 0.411 e. The number of aromatic nitrogens is 1. The van der Waals surface area contributed by atoms with E-state index in [0.717, 1.165) is 5.56 Å². The minimum absolute atomic E-state index is 0.160. The van der Waals surface area contributed by atoms with E-state index in [1.807, 2.05) is 30.3 Å². The topological polar surface area (TPSA) is 51.2 Å². The lowest BCUT2D eigenvalue weighted by molar-refractivity contribution is -0.174. The van der Waals surface area contributed by atoms with Crippen molar-refractivity contribution in [1.29, 1.82) is 0 Å². The number of halogens is 3. The van der Waals surface area contributed by atoms with Crippen LogP contribution in [0.5, 0.6) is 0 Å². The van der Waals surface area contributed by atoms with Gasteiger partial charge in [0.1, 0.15) is 6.61 Å². The van der Waals surface area contributed by atoms with Crippen LogP contribution in [0.4, 0.5) is 13.2 Å². The van der Waals surface area contributed by atoms with E-state index in [-0.39, 0.29) is 13.0 Å². The molecule has 2 rings (SSSR count). The van der Waals surface area contributed by atoms with Gasteiger partial charge in [-0.1, -0.05) is 36.4 Å². The number of amides is 1. The van der Waals surface area contributed by atoms with Gasteiger partial charge in [-0.15, -0.1) is 0 Å². The zero-order valence-corrected chi connectivity index (χ0v) is 12.8. The maximum absolute atomic E-state index is 12.0. The number of rotatable bonds is 7. The number of benzene rings is 1. The molecule has 1 aromatic carbocycles. The Bertz CT molecular complexity index is 594. The molecular weight excluding hydrogens is 321 g/mol. The van der Waals surface area contributed by atoms with Crippen LogP contribution in [-0.4, -0.2) is 30.3 Å². The van der Waals surface area contributed by atoms with Crippen LogP contribution in [0.15, 0.2) is 54.7 Å². The van der Waals surface area contributed by atoms with Crippen molar-refractivity contribution in [3.63, 3.8) is 0 Å². The van der Waals surface area contributed by atoms with Crippen LogP contribution in [0.1, 0.15) is 23.7 Å². The Morgan fingerprint density at radius 1 is 1.12 bits per heavy atom. The molecule has 1 amide bonds. The lowest BCUT2D eigenvalue weighted by atomic mass is 10.0. The smallest absolute Gasteiger partial charge is 0.372 e. The number of ether oxygens (including phenoxy) is 1. The van der Waals surface area contributed by atoms with Crippen molar-refractivity contribution >= 4 is 5.91 Å². The average molecular weight is 338 g/mol. The van der Waals surface area contributed by atoms with Crippen LogP contribution >= 0.6 is 0 Å². The molecule has 2 aromatic rings. The molecule has 0 aliphatic carbocycles. The van der Waals surface area contributed by atoms with Gasteiger partial charge >= 0.3 is 6.18 Å². The Hall–Kier alpha value is -2.41. The lowest BCUT2D eigenvalue weighted by Gasteiger charge is -2.19. The summed E-state index contributed by atoms with van der Waals surface area (Å²) >= 11 is 0. The minimum atomic E-state index is -4.39. The predicted molar refractivity (Wildman–Crippen MR) is 82.2 cm³/mol. The first kappa shape index (κ1) is 17.9. The zero-order valence-electron chi connectivity index (χ0n) is 12.8. The Morgan fingerprint density at radius 3 is 2.46 bits per heavy atom. The van der Waals surface area contributed by atoms with Crippen molar-refractivity contribution in [3.05, 3.63) is 66.0 Å². The van der Waals surface area contributed by atoms with E-state index in [1.54, 1.807) is 24.4 Å². The molecule has 1 N–H and O–H groups in total. The summed E-state index contributed by atoms with van der Waals surface area (Å²) in [4.78, 5) is 16.3. The van der Waals surface area contributed by atoms with Crippen LogP contribution < -0.4 is 5.32 Å². The second-order valence-electron chi connectivity index (χ2n) is 5.08. The molecule has 1 aromatic heterocycles. The van der Waals surface area contributed by atoms with Gasteiger partial charge in [0.15, 0.2) is 0 Å². The molecule has 0 fully saturated rings. The molecule has 7 heteroatoms. The third-order valence-electron chi connectivity index (χ3n) is 3.16. The van der Waals surface area contributed by atoms with E-state index >= 15 is 0 Å². The normalized spacial score (nSPS) is 12.6. The average Bonchev–Trinajstić information content (AvgIpc) is 2.57. The van der Waals surface area contributed by atoms with Gasteiger partial charge in [-0.3, -0.25) is 9.78 Å².